The number of anilines is 1. The summed E-state index contributed by atoms with van der Waals surface area (Å²) in [5, 5.41) is 14.2. The summed E-state index contributed by atoms with van der Waals surface area (Å²) in [6.07, 6.45) is 4.68. The average molecular weight is 442 g/mol. The molecule has 0 amide bonds. The average Bonchev–Trinajstić information content (AvgIpc) is 3.12. The highest BCUT2D eigenvalue weighted by molar-refractivity contribution is 5.74. The van der Waals surface area contributed by atoms with E-state index < -0.39 is 17.4 Å². The van der Waals surface area contributed by atoms with E-state index in [1.165, 1.54) is 16.6 Å². The zero-order valence-electron chi connectivity index (χ0n) is 18.9. The topological polar surface area (TPSA) is 114 Å². The number of aryl methyl sites for hydroxylation is 3. The Morgan fingerprint density at radius 3 is 2.69 bits per heavy atom. The van der Waals surface area contributed by atoms with Gasteiger partial charge in [0.25, 0.3) is 5.56 Å². The van der Waals surface area contributed by atoms with Gasteiger partial charge in [-0.1, -0.05) is 25.3 Å². The molecule has 0 unspecified atom stereocenters. The van der Waals surface area contributed by atoms with Crippen molar-refractivity contribution in [1.82, 2.24) is 19.1 Å². The Labute approximate surface area is 186 Å². The predicted molar refractivity (Wildman–Crippen MR) is 124 cm³/mol. The molecule has 0 spiro atoms. The molecule has 1 saturated carbocycles. The van der Waals surface area contributed by atoms with Crippen LogP contribution in [0.1, 0.15) is 43.2 Å². The molecule has 2 heterocycles. The molecule has 9 heteroatoms. The zero-order chi connectivity index (χ0) is 22.8. The molecule has 0 radical (unpaired) electrons. The molecule has 9 nitrogen and oxygen atoms in total. The van der Waals surface area contributed by atoms with E-state index in [0.717, 1.165) is 31.2 Å². The summed E-state index contributed by atoms with van der Waals surface area (Å²) in [6, 6.07) is 6.04. The van der Waals surface area contributed by atoms with Gasteiger partial charge in [0.1, 0.15) is 18.5 Å². The van der Waals surface area contributed by atoms with Crippen LogP contribution in [-0.4, -0.2) is 43.0 Å². The highest BCUT2D eigenvalue weighted by Crippen LogP contribution is 2.24. The zero-order valence-corrected chi connectivity index (χ0v) is 18.9. The smallest absolute Gasteiger partial charge is 0.329 e. The number of aliphatic hydroxyl groups excluding tert-OH is 1. The SMILES string of the molecule is Cc1ccc(OC[C@H](O)Cn2c(NC3CCCCC3)nc3c2c(=O)[nH]c(=O)n3C)cc1C. The van der Waals surface area contributed by atoms with Gasteiger partial charge in [0, 0.05) is 13.1 Å². The summed E-state index contributed by atoms with van der Waals surface area (Å²) < 4.78 is 8.76. The van der Waals surface area contributed by atoms with Crippen molar-refractivity contribution in [2.24, 2.45) is 7.05 Å². The van der Waals surface area contributed by atoms with E-state index in [4.69, 9.17) is 4.74 Å². The van der Waals surface area contributed by atoms with Crippen molar-refractivity contribution in [1.29, 1.82) is 0 Å². The van der Waals surface area contributed by atoms with Crippen molar-refractivity contribution in [3.8, 4) is 5.75 Å². The third-order valence-electron chi connectivity index (χ3n) is 6.26. The largest absolute Gasteiger partial charge is 0.491 e. The molecule has 2 aromatic heterocycles. The van der Waals surface area contributed by atoms with Gasteiger partial charge in [-0.3, -0.25) is 14.3 Å². The van der Waals surface area contributed by atoms with Gasteiger partial charge in [0.05, 0.1) is 6.54 Å². The Morgan fingerprint density at radius 1 is 1.22 bits per heavy atom. The Bertz CT molecular complexity index is 1220. The van der Waals surface area contributed by atoms with E-state index in [9.17, 15) is 14.7 Å². The number of aromatic nitrogens is 4. The van der Waals surface area contributed by atoms with E-state index in [0.29, 0.717) is 17.3 Å². The van der Waals surface area contributed by atoms with Gasteiger partial charge in [0.15, 0.2) is 11.2 Å². The van der Waals surface area contributed by atoms with E-state index >= 15 is 0 Å². The molecule has 1 aromatic carbocycles. The Balaban J connectivity index is 1.60. The van der Waals surface area contributed by atoms with Crippen molar-refractivity contribution < 1.29 is 9.84 Å². The van der Waals surface area contributed by atoms with Crippen LogP contribution in [0, 0.1) is 13.8 Å². The van der Waals surface area contributed by atoms with Crippen molar-refractivity contribution in [2.45, 2.75) is 64.6 Å². The van der Waals surface area contributed by atoms with Crippen molar-refractivity contribution in [2.75, 3.05) is 11.9 Å². The standard InChI is InChI=1S/C23H31N5O4/c1-14-9-10-18(11-15(14)2)32-13-17(29)12-28-19-20(27(3)23(31)26-21(19)30)25-22(28)24-16-7-5-4-6-8-16/h9-11,16-17,29H,4-8,12-13H2,1-3H3,(H,24,25)(H,26,30,31)/t17-/m1/s1. The number of fused-ring (bicyclic) bond motifs is 1. The molecule has 0 aliphatic heterocycles. The first-order valence-electron chi connectivity index (χ1n) is 11.2. The lowest BCUT2D eigenvalue weighted by Gasteiger charge is -2.24. The first-order valence-corrected chi connectivity index (χ1v) is 11.2. The summed E-state index contributed by atoms with van der Waals surface area (Å²) in [4.78, 5) is 31.6. The Hall–Kier alpha value is -3.07. The molecule has 172 valence electrons. The van der Waals surface area contributed by atoms with Crippen molar-refractivity contribution >= 4 is 17.1 Å². The molecule has 3 N–H and O–H groups in total. The molecule has 32 heavy (non-hydrogen) atoms. The molecule has 1 aliphatic carbocycles. The van der Waals surface area contributed by atoms with Gasteiger partial charge < -0.3 is 19.7 Å². The van der Waals surface area contributed by atoms with Crippen LogP contribution in [-0.2, 0) is 13.6 Å². The number of benzene rings is 1. The molecular formula is C23H31N5O4. The first kappa shape index (κ1) is 22.1. The first-order chi connectivity index (χ1) is 15.3. The van der Waals surface area contributed by atoms with Gasteiger partial charge in [-0.15, -0.1) is 0 Å². The highest BCUT2D eigenvalue weighted by Gasteiger charge is 2.22. The Morgan fingerprint density at radius 2 is 1.97 bits per heavy atom. The van der Waals surface area contributed by atoms with Crippen LogP contribution in [0.25, 0.3) is 11.2 Å². The number of hydrogen-bond donors (Lipinski definition) is 3. The molecule has 0 saturated heterocycles. The van der Waals surface area contributed by atoms with E-state index in [-0.39, 0.29) is 24.7 Å². The lowest BCUT2D eigenvalue weighted by atomic mass is 9.96. The summed E-state index contributed by atoms with van der Waals surface area (Å²) in [5.41, 5.74) is 1.80. The van der Waals surface area contributed by atoms with Crippen LogP contribution >= 0.6 is 0 Å². The fourth-order valence-corrected chi connectivity index (χ4v) is 4.21. The number of ether oxygens (including phenoxy) is 1. The second-order valence-electron chi connectivity index (χ2n) is 8.73. The highest BCUT2D eigenvalue weighted by atomic mass is 16.5. The number of nitrogens with one attached hydrogen (secondary N) is 2. The minimum absolute atomic E-state index is 0.0642. The van der Waals surface area contributed by atoms with Gasteiger partial charge >= 0.3 is 5.69 Å². The lowest BCUT2D eigenvalue weighted by molar-refractivity contribution is 0.0937. The van der Waals surface area contributed by atoms with Gasteiger partial charge in [-0.25, -0.2) is 4.79 Å². The van der Waals surface area contributed by atoms with Gasteiger partial charge in [0.2, 0.25) is 5.95 Å². The molecule has 1 aliphatic rings. The lowest BCUT2D eigenvalue weighted by Crippen LogP contribution is -2.31. The monoisotopic (exact) mass is 441 g/mol. The van der Waals surface area contributed by atoms with Crippen molar-refractivity contribution in [3.63, 3.8) is 0 Å². The number of aromatic amines is 1. The number of aliphatic hydroxyl groups is 1. The maximum absolute atomic E-state index is 12.6. The third-order valence-corrected chi connectivity index (χ3v) is 6.26. The van der Waals surface area contributed by atoms with Crippen LogP contribution in [0.2, 0.25) is 0 Å². The fraction of sp³-hybridized carbons (Fsp3) is 0.522. The second kappa shape index (κ2) is 9.20. The number of nitrogens with zero attached hydrogens (tertiary/aromatic N) is 3. The molecular weight excluding hydrogens is 410 g/mol. The number of imidazole rings is 1. The quantitative estimate of drug-likeness (QED) is 0.518. The van der Waals surface area contributed by atoms with Crippen molar-refractivity contribution in [3.05, 3.63) is 50.2 Å². The van der Waals surface area contributed by atoms with Crippen LogP contribution in [0.4, 0.5) is 5.95 Å². The maximum Gasteiger partial charge on any atom is 0.329 e. The molecule has 4 rings (SSSR count). The maximum atomic E-state index is 12.6. The summed E-state index contributed by atoms with van der Waals surface area (Å²) in [7, 11) is 1.57. The minimum atomic E-state index is -0.877. The van der Waals surface area contributed by atoms with Crippen LogP contribution in [0.5, 0.6) is 5.75 Å². The van der Waals surface area contributed by atoms with Gasteiger partial charge in [-0.2, -0.15) is 4.98 Å². The van der Waals surface area contributed by atoms with E-state index in [1.54, 1.807) is 11.6 Å². The van der Waals surface area contributed by atoms with E-state index in [2.05, 4.69) is 15.3 Å². The number of H-pyrrole nitrogens is 1. The van der Waals surface area contributed by atoms with Crippen LogP contribution < -0.4 is 21.3 Å². The second-order valence-corrected chi connectivity index (χ2v) is 8.73. The molecule has 0 bridgehead atoms. The van der Waals surface area contributed by atoms with Crippen LogP contribution in [0.15, 0.2) is 27.8 Å². The van der Waals surface area contributed by atoms with Crippen LogP contribution in [0.3, 0.4) is 0 Å². The number of rotatable bonds is 7. The summed E-state index contributed by atoms with van der Waals surface area (Å²) >= 11 is 0. The number of hydrogen-bond acceptors (Lipinski definition) is 6. The van der Waals surface area contributed by atoms with E-state index in [1.807, 2.05) is 32.0 Å². The Kier molecular flexibility index (Phi) is 6.36. The summed E-state index contributed by atoms with van der Waals surface area (Å²) in [5.74, 6) is 1.17. The third kappa shape index (κ3) is 4.57. The fourth-order valence-electron chi connectivity index (χ4n) is 4.21. The summed E-state index contributed by atoms with van der Waals surface area (Å²) in [6.45, 7) is 4.21. The minimum Gasteiger partial charge on any atom is -0.491 e. The normalized spacial score (nSPS) is 15.8. The molecule has 1 fully saturated rings. The van der Waals surface area contributed by atoms with Gasteiger partial charge in [-0.05, 0) is 49.9 Å². The molecule has 3 aromatic rings. The predicted octanol–water partition coefficient (Wildman–Crippen LogP) is 2.22. The molecule has 1 atom stereocenters.